The van der Waals surface area contributed by atoms with Crippen molar-refractivity contribution in [3.05, 3.63) is 18.0 Å². The Hall–Kier alpha value is -1.89. The van der Waals surface area contributed by atoms with Gasteiger partial charge in [0.2, 0.25) is 5.91 Å². The van der Waals surface area contributed by atoms with Crippen LogP contribution in [-0.4, -0.2) is 70.3 Å². The van der Waals surface area contributed by atoms with Crippen LogP contribution in [0, 0.1) is 5.41 Å². The summed E-state index contributed by atoms with van der Waals surface area (Å²) in [5, 5.41) is 4.26. The van der Waals surface area contributed by atoms with E-state index in [1.54, 1.807) is 16.9 Å². The second-order valence-electron chi connectivity index (χ2n) is 8.04. The fraction of sp³-hybridized carbons (Fsp3) is 0.750. The highest BCUT2D eigenvalue weighted by molar-refractivity contribution is 5.97. The Morgan fingerprint density at radius 1 is 1.15 bits per heavy atom. The van der Waals surface area contributed by atoms with E-state index in [1.165, 1.54) is 0 Å². The first-order chi connectivity index (χ1) is 13.2. The number of amides is 2. The van der Waals surface area contributed by atoms with Crippen LogP contribution in [0.25, 0.3) is 0 Å². The van der Waals surface area contributed by atoms with Crippen molar-refractivity contribution in [3.8, 4) is 0 Å². The fourth-order valence-electron chi connectivity index (χ4n) is 5.14. The van der Waals surface area contributed by atoms with E-state index in [4.69, 9.17) is 4.74 Å². The minimum Gasteiger partial charge on any atom is -0.381 e. The van der Waals surface area contributed by atoms with E-state index in [9.17, 15) is 9.59 Å². The minimum absolute atomic E-state index is 0.0579. The highest BCUT2D eigenvalue weighted by Crippen LogP contribution is 2.45. The van der Waals surface area contributed by atoms with Gasteiger partial charge in [0.1, 0.15) is 11.7 Å². The summed E-state index contributed by atoms with van der Waals surface area (Å²) in [6, 6.07) is 1.40. The molecule has 7 heteroatoms. The molecule has 1 unspecified atom stereocenters. The molecule has 2 amide bonds. The molecule has 3 fully saturated rings. The number of hydrogen-bond acceptors (Lipinski definition) is 4. The summed E-state index contributed by atoms with van der Waals surface area (Å²) >= 11 is 0. The summed E-state index contributed by atoms with van der Waals surface area (Å²) in [7, 11) is 0. The highest BCUT2D eigenvalue weighted by atomic mass is 16.5. The maximum Gasteiger partial charge on any atom is 0.272 e. The van der Waals surface area contributed by atoms with Crippen LogP contribution in [0.1, 0.15) is 55.9 Å². The Kier molecular flexibility index (Phi) is 5.21. The third-order valence-corrected chi connectivity index (χ3v) is 6.60. The number of aryl methyl sites for hydroxylation is 1. The first-order valence-corrected chi connectivity index (χ1v) is 10.4. The number of ether oxygens (including phenoxy) is 1. The zero-order valence-electron chi connectivity index (χ0n) is 16.2. The zero-order chi connectivity index (χ0) is 18.9. The summed E-state index contributed by atoms with van der Waals surface area (Å²) in [5.41, 5.74) is 0.434. The maximum atomic E-state index is 13.6. The Morgan fingerprint density at radius 2 is 1.89 bits per heavy atom. The molecule has 1 aromatic rings. The molecule has 3 aliphatic heterocycles. The van der Waals surface area contributed by atoms with E-state index >= 15 is 0 Å². The lowest BCUT2D eigenvalue weighted by Gasteiger charge is -2.51. The smallest absolute Gasteiger partial charge is 0.272 e. The van der Waals surface area contributed by atoms with Crippen LogP contribution >= 0.6 is 0 Å². The Bertz CT molecular complexity index is 684. The number of aromatic nitrogens is 2. The van der Waals surface area contributed by atoms with Crippen molar-refractivity contribution in [2.45, 2.75) is 58.0 Å². The number of nitrogens with zero attached hydrogens (tertiary/aromatic N) is 4. The quantitative estimate of drug-likeness (QED) is 0.811. The summed E-state index contributed by atoms with van der Waals surface area (Å²) < 4.78 is 7.34. The van der Waals surface area contributed by atoms with E-state index in [0.717, 1.165) is 51.6 Å². The lowest BCUT2D eigenvalue weighted by molar-refractivity contribution is -0.147. The van der Waals surface area contributed by atoms with Gasteiger partial charge in [-0.1, -0.05) is 0 Å². The third-order valence-electron chi connectivity index (χ3n) is 6.60. The standard InChI is InChI=1S/C20H30N4O3/c1-2-24-16(6-10-21-24)18(25)23-13-5-7-20(8-14-27-15-9-20)17(23)19(26)22-11-3-4-12-22/h6,10,17H,2-5,7-9,11-15H2,1H3. The summed E-state index contributed by atoms with van der Waals surface area (Å²) in [6.45, 7) is 6.25. The van der Waals surface area contributed by atoms with Gasteiger partial charge < -0.3 is 14.5 Å². The molecule has 1 aromatic heterocycles. The van der Waals surface area contributed by atoms with E-state index in [0.29, 0.717) is 32.0 Å². The Balaban J connectivity index is 1.69. The number of likely N-dealkylation sites (tertiary alicyclic amines) is 2. The molecule has 1 spiro atoms. The predicted molar refractivity (Wildman–Crippen MR) is 100 cm³/mol. The SMILES string of the molecule is CCn1nccc1C(=O)N1CCCC2(CCOCC2)C1C(=O)N1CCCC1. The van der Waals surface area contributed by atoms with Crippen LogP contribution in [0.4, 0.5) is 0 Å². The van der Waals surface area contributed by atoms with Crippen molar-refractivity contribution >= 4 is 11.8 Å². The van der Waals surface area contributed by atoms with Gasteiger partial charge in [0.05, 0.1) is 0 Å². The molecule has 148 valence electrons. The molecule has 3 saturated heterocycles. The second-order valence-corrected chi connectivity index (χ2v) is 8.04. The van der Waals surface area contributed by atoms with Crippen molar-refractivity contribution in [2.75, 3.05) is 32.8 Å². The number of carbonyl (C=O) groups is 2. The number of carbonyl (C=O) groups excluding carboxylic acids is 2. The van der Waals surface area contributed by atoms with Crippen LogP contribution in [0.3, 0.4) is 0 Å². The van der Waals surface area contributed by atoms with Crippen molar-refractivity contribution in [3.63, 3.8) is 0 Å². The van der Waals surface area contributed by atoms with Gasteiger partial charge in [-0.15, -0.1) is 0 Å². The van der Waals surface area contributed by atoms with Gasteiger partial charge in [0.25, 0.3) is 5.91 Å². The average molecular weight is 374 g/mol. The van der Waals surface area contributed by atoms with E-state index in [1.807, 2.05) is 16.7 Å². The van der Waals surface area contributed by atoms with Crippen molar-refractivity contribution in [1.82, 2.24) is 19.6 Å². The number of hydrogen-bond donors (Lipinski definition) is 0. The monoisotopic (exact) mass is 374 g/mol. The molecule has 4 rings (SSSR count). The molecule has 3 aliphatic rings. The van der Waals surface area contributed by atoms with Gasteiger partial charge in [-0.3, -0.25) is 14.3 Å². The molecule has 27 heavy (non-hydrogen) atoms. The van der Waals surface area contributed by atoms with Crippen molar-refractivity contribution in [1.29, 1.82) is 0 Å². The van der Waals surface area contributed by atoms with Crippen LogP contribution in [-0.2, 0) is 16.1 Å². The van der Waals surface area contributed by atoms with Crippen molar-refractivity contribution in [2.24, 2.45) is 5.41 Å². The largest absolute Gasteiger partial charge is 0.381 e. The van der Waals surface area contributed by atoms with Crippen molar-refractivity contribution < 1.29 is 14.3 Å². The second kappa shape index (κ2) is 7.62. The van der Waals surface area contributed by atoms with Crippen LogP contribution in [0.5, 0.6) is 0 Å². The van der Waals surface area contributed by atoms with E-state index in [2.05, 4.69) is 5.10 Å². The lowest BCUT2D eigenvalue weighted by atomic mass is 9.67. The van der Waals surface area contributed by atoms with Gasteiger partial charge in [-0.2, -0.15) is 5.10 Å². The summed E-state index contributed by atoms with van der Waals surface area (Å²) in [5.74, 6) is 0.0856. The topological polar surface area (TPSA) is 67.7 Å². The maximum absolute atomic E-state index is 13.6. The average Bonchev–Trinajstić information content (AvgIpc) is 3.39. The fourth-order valence-corrected chi connectivity index (χ4v) is 5.14. The zero-order valence-corrected chi connectivity index (χ0v) is 16.2. The van der Waals surface area contributed by atoms with E-state index in [-0.39, 0.29) is 23.3 Å². The molecule has 0 bridgehead atoms. The Labute approximate surface area is 160 Å². The molecule has 4 heterocycles. The summed E-state index contributed by atoms with van der Waals surface area (Å²) in [4.78, 5) is 30.9. The van der Waals surface area contributed by atoms with Crippen LogP contribution in [0.2, 0.25) is 0 Å². The highest BCUT2D eigenvalue weighted by Gasteiger charge is 2.52. The minimum atomic E-state index is -0.374. The van der Waals surface area contributed by atoms with Gasteiger partial charge in [0, 0.05) is 51.0 Å². The molecule has 0 radical (unpaired) electrons. The predicted octanol–water partition coefficient (Wildman–Crippen LogP) is 1.93. The third kappa shape index (κ3) is 3.26. The molecule has 0 saturated carbocycles. The van der Waals surface area contributed by atoms with Gasteiger partial charge in [-0.25, -0.2) is 0 Å². The molecule has 0 aromatic carbocycles. The van der Waals surface area contributed by atoms with Gasteiger partial charge in [-0.05, 0) is 51.5 Å². The molecule has 7 nitrogen and oxygen atoms in total. The summed E-state index contributed by atoms with van der Waals surface area (Å²) in [6.07, 6.45) is 7.44. The molecule has 1 atom stereocenters. The normalized spacial score (nSPS) is 25.1. The molecular weight excluding hydrogens is 344 g/mol. The molecule has 0 N–H and O–H groups in total. The van der Waals surface area contributed by atoms with Crippen LogP contribution in [0.15, 0.2) is 12.3 Å². The Morgan fingerprint density at radius 3 is 2.59 bits per heavy atom. The number of rotatable bonds is 3. The first kappa shape index (κ1) is 18.5. The lowest BCUT2D eigenvalue weighted by Crippen LogP contribution is -2.62. The van der Waals surface area contributed by atoms with Gasteiger partial charge in [0.15, 0.2) is 0 Å². The first-order valence-electron chi connectivity index (χ1n) is 10.4. The van der Waals surface area contributed by atoms with Gasteiger partial charge >= 0.3 is 0 Å². The molecule has 0 aliphatic carbocycles. The molecular formula is C20H30N4O3. The number of piperidine rings is 1. The van der Waals surface area contributed by atoms with Crippen LogP contribution < -0.4 is 0 Å². The van der Waals surface area contributed by atoms with E-state index < -0.39 is 0 Å².